The van der Waals surface area contributed by atoms with Crippen molar-refractivity contribution in [3.05, 3.63) is 35.4 Å². The van der Waals surface area contributed by atoms with Gasteiger partial charge in [-0.05, 0) is 26.8 Å². The van der Waals surface area contributed by atoms with E-state index in [0.717, 1.165) is 6.07 Å². The molecule has 0 aromatic heterocycles. The molecule has 0 heterocycles. The van der Waals surface area contributed by atoms with Crippen LogP contribution in [0.2, 0.25) is 0 Å². The lowest BCUT2D eigenvalue weighted by molar-refractivity contribution is 0.124. The van der Waals surface area contributed by atoms with Gasteiger partial charge in [0.25, 0.3) is 0 Å². The van der Waals surface area contributed by atoms with Crippen LogP contribution >= 0.6 is 0 Å². The normalized spacial score (nSPS) is 14.6. The number of ether oxygens (including phenoxy) is 1. The molecule has 1 rings (SSSR count). The highest BCUT2D eigenvalue weighted by Gasteiger charge is 2.15. The van der Waals surface area contributed by atoms with Crippen molar-refractivity contribution in [2.75, 3.05) is 13.2 Å². The van der Waals surface area contributed by atoms with Gasteiger partial charge in [0, 0.05) is 24.3 Å². The maximum Gasteiger partial charge on any atom is 0.163 e. The van der Waals surface area contributed by atoms with E-state index in [1.807, 2.05) is 13.8 Å². The topological polar surface area (TPSA) is 21.3 Å². The molecule has 2 atom stereocenters. The molecule has 0 radical (unpaired) electrons. The van der Waals surface area contributed by atoms with E-state index in [-0.39, 0.29) is 12.1 Å². The molecule has 1 N–H and O–H groups in total. The lowest BCUT2D eigenvalue weighted by Gasteiger charge is -2.20. The Morgan fingerprint density at radius 3 is 2.65 bits per heavy atom. The Labute approximate surface area is 101 Å². The van der Waals surface area contributed by atoms with Crippen molar-refractivity contribution < 1.29 is 13.5 Å². The van der Waals surface area contributed by atoms with Crippen LogP contribution in [-0.2, 0) is 4.74 Å². The summed E-state index contributed by atoms with van der Waals surface area (Å²) in [5.74, 6) is -1.59. The van der Waals surface area contributed by atoms with Crippen LogP contribution in [0.4, 0.5) is 8.78 Å². The van der Waals surface area contributed by atoms with E-state index in [9.17, 15) is 8.78 Å². The molecule has 0 spiro atoms. The minimum absolute atomic E-state index is 0.0904. The Bertz CT molecular complexity index is 357. The first-order valence-corrected chi connectivity index (χ1v) is 5.84. The van der Waals surface area contributed by atoms with Crippen molar-refractivity contribution in [2.45, 2.75) is 32.9 Å². The third-order valence-electron chi connectivity index (χ3n) is 2.55. The quantitative estimate of drug-likeness (QED) is 0.829. The number of halogens is 2. The molecule has 0 bridgehead atoms. The van der Waals surface area contributed by atoms with Crippen LogP contribution in [0.1, 0.15) is 32.4 Å². The highest BCUT2D eigenvalue weighted by molar-refractivity contribution is 5.22. The molecule has 0 saturated carbocycles. The molecule has 0 aliphatic heterocycles. The third-order valence-corrected chi connectivity index (χ3v) is 2.55. The minimum atomic E-state index is -0.811. The van der Waals surface area contributed by atoms with Crippen LogP contribution in [0.25, 0.3) is 0 Å². The molecular formula is C13H19F2NO. The van der Waals surface area contributed by atoms with Gasteiger partial charge in [-0.2, -0.15) is 0 Å². The third kappa shape index (κ3) is 4.06. The Morgan fingerprint density at radius 2 is 2.00 bits per heavy atom. The van der Waals surface area contributed by atoms with Gasteiger partial charge in [0.15, 0.2) is 11.6 Å². The second-order valence-electron chi connectivity index (χ2n) is 4.09. The first-order chi connectivity index (χ1) is 8.06. The standard InChI is InChI=1S/C13H19F2NO/c1-4-17-8-9(2)16-10(3)11-6-5-7-12(14)13(11)15/h5-7,9-10,16H,4,8H2,1-3H3. The van der Waals surface area contributed by atoms with E-state index in [1.165, 1.54) is 6.07 Å². The molecule has 4 heteroatoms. The van der Waals surface area contributed by atoms with Crippen LogP contribution in [0.3, 0.4) is 0 Å². The van der Waals surface area contributed by atoms with Crippen LogP contribution in [-0.4, -0.2) is 19.3 Å². The van der Waals surface area contributed by atoms with Crippen LogP contribution in [0, 0.1) is 11.6 Å². The monoisotopic (exact) mass is 243 g/mol. The average molecular weight is 243 g/mol. The van der Waals surface area contributed by atoms with E-state index in [4.69, 9.17) is 4.74 Å². The Balaban J connectivity index is 2.63. The first kappa shape index (κ1) is 14.1. The van der Waals surface area contributed by atoms with E-state index < -0.39 is 11.6 Å². The van der Waals surface area contributed by atoms with E-state index >= 15 is 0 Å². The van der Waals surface area contributed by atoms with Gasteiger partial charge >= 0.3 is 0 Å². The highest BCUT2D eigenvalue weighted by atomic mass is 19.2. The summed E-state index contributed by atoms with van der Waals surface area (Å²) < 4.78 is 31.8. The fraction of sp³-hybridized carbons (Fsp3) is 0.538. The van der Waals surface area contributed by atoms with Crippen molar-refractivity contribution in [2.24, 2.45) is 0 Å². The smallest absolute Gasteiger partial charge is 0.163 e. The predicted octanol–water partition coefficient (Wildman–Crippen LogP) is 3.04. The van der Waals surface area contributed by atoms with E-state index in [0.29, 0.717) is 18.8 Å². The molecule has 0 aliphatic rings. The summed E-state index contributed by atoms with van der Waals surface area (Å²) in [5, 5.41) is 3.17. The van der Waals surface area contributed by atoms with Crippen molar-refractivity contribution in [3.8, 4) is 0 Å². The fourth-order valence-corrected chi connectivity index (χ4v) is 1.71. The molecular weight excluding hydrogens is 224 g/mol. The molecule has 96 valence electrons. The summed E-state index contributed by atoms with van der Waals surface area (Å²) in [6.45, 7) is 6.87. The molecule has 0 amide bonds. The number of rotatable bonds is 6. The van der Waals surface area contributed by atoms with Crippen molar-refractivity contribution in [1.29, 1.82) is 0 Å². The average Bonchev–Trinajstić information content (AvgIpc) is 2.29. The van der Waals surface area contributed by atoms with Gasteiger partial charge in [0.2, 0.25) is 0 Å². The second-order valence-corrected chi connectivity index (χ2v) is 4.09. The summed E-state index contributed by atoms with van der Waals surface area (Å²) in [5.41, 5.74) is 0.341. The van der Waals surface area contributed by atoms with Gasteiger partial charge < -0.3 is 10.1 Å². The summed E-state index contributed by atoms with van der Waals surface area (Å²) >= 11 is 0. The Kier molecular flexibility index (Phi) is 5.51. The number of benzene rings is 1. The summed E-state index contributed by atoms with van der Waals surface area (Å²) in [4.78, 5) is 0. The Morgan fingerprint density at radius 1 is 1.29 bits per heavy atom. The molecule has 0 aliphatic carbocycles. The van der Waals surface area contributed by atoms with E-state index in [1.54, 1.807) is 13.0 Å². The Hall–Kier alpha value is -1.00. The van der Waals surface area contributed by atoms with Crippen LogP contribution in [0.5, 0.6) is 0 Å². The minimum Gasteiger partial charge on any atom is -0.380 e. The summed E-state index contributed by atoms with van der Waals surface area (Å²) in [6, 6.07) is 4.06. The lowest BCUT2D eigenvalue weighted by atomic mass is 10.1. The zero-order chi connectivity index (χ0) is 12.8. The molecule has 2 unspecified atom stereocenters. The van der Waals surface area contributed by atoms with Gasteiger partial charge in [0.05, 0.1) is 6.61 Å². The molecule has 0 saturated heterocycles. The molecule has 2 nitrogen and oxygen atoms in total. The molecule has 1 aromatic carbocycles. The van der Waals surface area contributed by atoms with Crippen molar-refractivity contribution in [1.82, 2.24) is 5.32 Å². The zero-order valence-electron chi connectivity index (χ0n) is 10.5. The fourth-order valence-electron chi connectivity index (χ4n) is 1.71. The van der Waals surface area contributed by atoms with Gasteiger partial charge in [-0.3, -0.25) is 0 Å². The predicted molar refractivity (Wildman–Crippen MR) is 63.9 cm³/mol. The van der Waals surface area contributed by atoms with E-state index in [2.05, 4.69) is 5.32 Å². The summed E-state index contributed by atoms with van der Waals surface area (Å²) in [6.07, 6.45) is 0. The largest absolute Gasteiger partial charge is 0.380 e. The SMILES string of the molecule is CCOCC(C)NC(C)c1cccc(F)c1F. The van der Waals surface area contributed by atoms with Crippen molar-refractivity contribution in [3.63, 3.8) is 0 Å². The van der Waals surface area contributed by atoms with Crippen molar-refractivity contribution >= 4 is 0 Å². The number of hydrogen-bond donors (Lipinski definition) is 1. The maximum atomic E-state index is 13.5. The molecule has 1 aromatic rings. The summed E-state index contributed by atoms with van der Waals surface area (Å²) in [7, 11) is 0. The van der Waals surface area contributed by atoms with Gasteiger partial charge in [0.1, 0.15) is 0 Å². The maximum absolute atomic E-state index is 13.5. The highest BCUT2D eigenvalue weighted by Crippen LogP contribution is 2.19. The first-order valence-electron chi connectivity index (χ1n) is 5.84. The second kappa shape index (κ2) is 6.67. The lowest BCUT2D eigenvalue weighted by Crippen LogP contribution is -2.33. The van der Waals surface area contributed by atoms with Crippen LogP contribution < -0.4 is 5.32 Å². The van der Waals surface area contributed by atoms with Gasteiger partial charge in [-0.25, -0.2) is 8.78 Å². The number of hydrogen-bond acceptors (Lipinski definition) is 2. The molecule has 17 heavy (non-hydrogen) atoms. The van der Waals surface area contributed by atoms with Crippen LogP contribution in [0.15, 0.2) is 18.2 Å². The molecule has 0 fully saturated rings. The zero-order valence-corrected chi connectivity index (χ0v) is 10.5. The van der Waals surface area contributed by atoms with Gasteiger partial charge in [-0.15, -0.1) is 0 Å². The van der Waals surface area contributed by atoms with Gasteiger partial charge in [-0.1, -0.05) is 12.1 Å². The number of nitrogens with one attached hydrogen (secondary N) is 1.